The lowest BCUT2D eigenvalue weighted by Gasteiger charge is -2.02. The maximum absolute atomic E-state index is 8.64. The third-order valence-corrected chi connectivity index (χ3v) is 3.16. The van der Waals surface area contributed by atoms with E-state index in [0.717, 1.165) is 16.2 Å². The van der Waals surface area contributed by atoms with Crippen LogP contribution in [0.15, 0.2) is 41.8 Å². The number of thiophene rings is 1. The SMILES string of the molecule is OCCC#Cc1csc(COc2ccccc2)c1. The van der Waals surface area contributed by atoms with Crippen LogP contribution in [0.25, 0.3) is 0 Å². The number of hydrogen-bond acceptors (Lipinski definition) is 3. The van der Waals surface area contributed by atoms with E-state index in [2.05, 4.69) is 11.8 Å². The van der Waals surface area contributed by atoms with Crippen molar-refractivity contribution in [3.63, 3.8) is 0 Å². The third kappa shape index (κ3) is 3.92. The molecule has 1 aromatic heterocycles. The molecule has 0 aliphatic rings. The average Bonchev–Trinajstić information content (AvgIpc) is 2.86. The summed E-state index contributed by atoms with van der Waals surface area (Å²) in [5.41, 5.74) is 0.986. The Bertz CT molecular complexity index is 534. The third-order valence-electron chi connectivity index (χ3n) is 2.25. The normalized spacial score (nSPS) is 9.61. The molecule has 0 aliphatic heterocycles. The number of para-hydroxylation sites is 1. The van der Waals surface area contributed by atoms with E-state index in [-0.39, 0.29) is 6.61 Å². The molecular formula is C15H14O2S. The summed E-state index contributed by atoms with van der Waals surface area (Å²) < 4.78 is 5.65. The predicted molar refractivity (Wildman–Crippen MR) is 73.7 cm³/mol. The molecule has 0 radical (unpaired) electrons. The van der Waals surface area contributed by atoms with Gasteiger partial charge in [-0.25, -0.2) is 0 Å². The molecular weight excluding hydrogens is 244 g/mol. The molecule has 2 rings (SSSR count). The maximum atomic E-state index is 8.64. The minimum atomic E-state index is 0.112. The fourth-order valence-corrected chi connectivity index (χ4v) is 2.14. The highest BCUT2D eigenvalue weighted by Crippen LogP contribution is 2.17. The van der Waals surface area contributed by atoms with Gasteiger partial charge < -0.3 is 9.84 Å². The van der Waals surface area contributed by atoms with Gasteiger partial charge in [-0.05, 0) is 18.2 Å². The fraction of sp³-hybridized carbons (Fsp3) is 0.200. The van der Waals surface area contributed by atoms with Crippen molar-refractivity contribution in [2.45, 2.75) is 13.0 Å². The highest BCUT2D eigenvalue weighted by Gasteiger charge is 1.99. The van der Waals surface area contributed by atoms with E-state index in [1.165, 1.54) is 0 Å². The molecule has 0 unspecified atom stereocenters. The van der Waals surface area contributed by atoms with Crippen molar-refractivity contribution in [3.8, 4) is 17.6 Å². The number of aliphatic hydroxyl groups is 1. The highest BCUT2D eigenvalue weighted by molar-refractivity contribution is 7.10. The summed E-state index contributed by atoms with van der Waals surface area (Å²) in [5.74, 6) is 6.79. The average molecular weight is 258 g/mol. The van der Waals surface area contributed by atoms with E-state index < -0.39 is 0 Å². The number of ether oxygens (including phenoxy) is 1. The van der Waals surface area contributed by atoms with Crippen LogP contribution in [-0.2, 0) is 6.61 Å². The Hall–Kier alpha value is -1.76. The van der Waals surface area contributed by atoms with Gasteiger partial charge in [0, 0.05) is 22.2 Å². The minimum absolute atomic E-state index is 0.112. The molecule has 2 aromatic rings. The Morgan fingerprint density at radius 3 is 2.83 bits per heavy atom. The Morgan fingerprint density at radius 2 is 2.06 bits per heavy atom. The molecule has 0 amide bonds. The van der Waals surface area contributed by atoms with Gasteiger partial charge >= 0.3 is 0 Å². The molecule has 0 fully saturated rings. The lowest BCUT2D eigenvalue weighted by Crippen LogP contribution is -1.91. The van der Waals surface area contributed by atoms with Gasteiger partial charge in [0.25, 0.3) is 0 Å². The molecule has 0 atom stereocenters. The molecule has 0 bridgehead atoms. The Labute approximate surface area is 111 Å². The summed E-state index contributed by atoms with van der Waals surface area (Å²) in [6, 6.07) is 11.8. The van der Waals surface area contributed by atoms with Crippen molar-refractivity contribution in [1.29, 1.82) is 0 Å². The van der Waals surface area contributed by atoms with Crippen LogP contribution in [0.1, 0.15) is 16.9 Å². The zero-order valence-electron chi connectivity index (χ0n) is 9.93. The summed E-state index contributed by atoms with van der Waals surface area (Å²) in [6.07, 6.45) is 0.520. The van der Waals surface area contributed by atoms with E-state index in [0.29, 0.717) is 13.0 Å². The van der Waals surface area contributed by atoms with Crippen LogP contribution < -0.4 is 4.74 Å². The zero-order chi connectivity index (χ0) is 12.6. The van der Waals surface area contributed by atoms with Crippen LogP contribution in [0.2, 0.25) is 0 Å². The minimum Gasteiger partial charge on any atom is -0.488 e. The van der Waals surface area contributed by atoms with Gasteiger partial charge in [0.2, 0.25) is 0 Å². The number of rotatable bonds is 4. The van der Waals surface area contributed by atoms with Gasteiger partial charge in [0.15, 0.2) is 0 Å². The Morgan fingerprint density at radius 1 is 1.22 bits per heavy atom. The second-order valence-corrected chi connectivity index (χ2v) is 4.67. The second-order valence-electron chi connectivity index (χ2n) is 3.68. The zero-order valence-corrected chi connectivity index (χ0v) is 10.7. The highest BCUT2D eigenvalue weighted by atomic mass is 32.1. The van der Waals surface area contributed by atoms with E-state index >= 15 is 0 Å². The van der Waals surface area contributed by atoms with Crippen molar-refractivity contribution in [1.82, 2.24) is 0 Å². The molecule has 92 valence electrons. The lowest BCUT2D eigenvalue weighted by atomic mass is 10.3. The largest absolute Gasteiger partial charge is 0.488 e. The molecule has 1 heterocycles. The van der Waals surface area contributed by atoms with E-state index in [1.807, 2.05) is 41.8 Å². The van der Waals surface area contributed by atoms with E-state index in [9.17, 15) is 0 Å². The van der Waals surface area contributed by atoms with Crippen LogP contribution in [0.4, 0.5) is 0 Å². The van der Waals surface area contributed by atoms with E-state index in [1.54, 1.807) is 11.3 Å². The standard InChI is InChI=1S/C15H14O2S/c16-9-5-4-6-13-10-15(18-12-13)11-17-14-7-2-1-3-8-14/h1-3,7-8,10,12,16H,5,9,11H2. The van der Waals surface area contributed by atoms with E-state index in [4.69, 9.17) is 9.84 Å². The first-order valence-electron chi connectivity index (χ1n) is 5.73. The molecule has 0 saturated heterocycles. The van der Waals surface area contributed by atoms with Gasteiger partial charge in [-0.1, -0.05) is 30.0 Å². The van der Waals surface area contributed by atoms with Crippen LogP contribution >= 0.6 is 11.3 Å². The molecule has 0 saturated carbocycles. The molecule has 0 aliphatic carbocycles. The van der Waals surface area contributed by atoms with Gasteiger partial charge in [0.1, 0.15) is 12.4 Å². The van der Waals surface area contributed by atoms with Crippen LogP contribution in [-0.4, -0.2) is 11.7 Å². The molecule has 3 heteroatoms. The number of hydrogen-bond donors (Lipinski definition) is 1. The second kappa shape index (κ2) is 6.85. The van der Waals surface area contributed by atoms with Crippen molar-refractivity contribution >= 4 is 11.3 Å². The quantitative estimate of drug-likeness (QED) is 0.854. The van der Waals surface area contributed by atoms with Crippen molar-refractivity contribution in [2.75, 3.05) is 6.61 Å². The predicted octanol–water partition coefficient (Wildman–Crippen LogP) is 3.06. The first-order chi connectivity index (χ1) is 8.88. The number of benzene rings is 1. The monoisotopic (exact) mass is 258 g/mol. The van der Waals surface area contributed by atoms with Crippen LogP contribution in [0.5, 0.6) is 5.75 Å². The van der Waals surface area contributed by atoms with Crippen LogP contribution in [0.3, 0.4) is 0 Å². The molecule has 2 nitrogen and oxygen atoms in total. The Balaban J connectivity index is 1.90. The van der Waals surface area contributed by atoms with Gasteiger partial charge in [-0.2, -0.15) is 0 Å². The maximum Gasteiger partial charge on any atom is 0.122 e. The molecule has 1 aromatic carbocycles. The summed E-state index contributed by atoms with van der Waals surface area (Å²) in [7, 11) is 0. The van der Waals surface area contributed by atoms with Crippen LogP contribution in [0, 0.1) is 11.8 Å². The summed E-state index contributed by atoms with van der Waals surface area (Å²) in [4.78, 5) is 1.15. The van der Waals surface area contributed by atoms with Gasteiger partial charge in [-0.15, -0.1) is 11.3 Å². The van der Waals surface area contributed by atoms with Crippen molar-refractivity contribution in [2.24, 2.45) is 0 Å². The molecule has 18 heavy (non-hydrogen) atoms. The van der Waals surface area contributed by atoms with Crippen molar-refractivity contribution < 1.29 is 9.84 Å². The fourth-order valence-electron chi connectivity index (χ4n) is 1.41. The first kappa shape index (κ1) is 12.7. The molecule has 1 N–H and O–H groups in total. The summed E-state index contributed by atoms with van der Waals surface area (Å²) >= 11 is 1.64. The first-order valence-corrected chi connectivity index (χ1v) is 6.61. The lowest BCUT2D eigenvalue weighted by molar-refractivity contribution is 0.305. The summed E-state index contributed by atoms with van der Waals surface area (Å²) in [6.45, 7) is 0.678. The Kier molecular flexibility index (Phi) is 4.83. The summed E-state index contributed by atoms with van der Waals surface area (Å²) in [5, 5.41) is 10.6. The smallest absolute Gasteiger partial charge is 0.122 e. The molecule has 0 spiro atoms. The van der Waals surface area contributed by atoms with Gasteiger partial charge in [0.05, 0.1) is 6.61 Å². The number of aliphatic hydroxyl groups excluding tert-OH is 1. The topological polar surface area (TPSA) is 29.5 Å². The van der Waals surface area contributed by atoms with Crippen molar-refractivity contribution in [3.05, 3.63) is 52.2 Å². The van der Waals surface area contributed by atoms with Gasteiger partial charge in [-0.3, -0.25) is 0 Å².